The van der Waals surface area contributed by atoms with E-state index in [1.165, 1.54) is 23.8 Å². The van der Waals surface area contributed by atoms with Crippen LogP contribution in [0.15, 0.2) is 47.4 Å². The fraction of sp³-hybridized carbons (Fsp3) is 0.480. The van der Waals surface area contributed by atoms with Crippen LogP contribution in [-0.4, -0.2) is 56.3 Å². The van der Waals surface area contributed by atoms with Crippen molar-refractivity contribution in [3.05, 3.63) is 48.0 Å². The standard InChI is InChI=1S/C25H30F3N3O3S/c1-31-12-11-24(16-7-8-20(33-2)21(13-16)34-3)10-9-18(15-22(24)31)30-23(32)29-17-5-4-6-19(14-17)35-25(26,27)28/h4-8,13-14,18,22H,9-12,15H2,1-3H3,(H2,29,30,32)/t18-,22+,24-/m0/s1. The third-order valence-corrected chi connectivity index (χ3v) is 7.87. The molecule has 1 saturated carbocycles. The molecule has 1 aliphatic heterocycles. The Balaban J connectivity index is 1.43. The SMILES string of the molecule is COc1ccc([C@@]23CC[C@H](NC(=O)Nc4cccc(SC(F)(F)F)c4)C[C@H]2N(C)CC3)cc1OC. The molecule has 0 bridgehead atoms. The lowest BCUT2D eigenvalue weighted by Crippen LogP contribution is -2.52. The van der Waals surface area contributed by atoms with E-state index in [4.69, 9.17) is 9.47 Å². The first-order valence-corrected chi connectivity index (χ1v) is 12.3. The molecule has 2 aromatic carbocycles. The van der Waals surface area contributed by atoms with Crippen molar-refractivity contribution < 1.29 is 27.4 Å². The van der Waals surface area contributed by atoms with Gasteiger partial charge in [0.25, 0.3) is 0 Å². The number of hydrogen-bond acceptors (Lipinski definition) is 5. The van der Waals surface area contributed by atoms with E-state index in [9.17, 15) is 18.0 Å². The van der Waals surface area contributed by atoms with Crippen LogP contribution in [0, 0.1) is 0 Å². The molecule has 0 radical (unpaired) electrons. The minimum Gasteiger partial charge on any atom is -0.493 e. The van der Waals surface area contributed by atoms with Crippen molar-refractivity contribution in [2.45, 2.75) is 53.6 Å². The second kappa shape index (κ2) is 10.2. The molecule has 3 atom stereocenters. The number of nitrogens with zero attached hydrogens (tertiary/aromatic N) is 1. The fourth-order valence-electron chi connectivity index (χ4n) is 5.52. The molecule has 1 aliphatic carbocycles. The largest absolute Gasteiger partial charge is 0.493 e. The smallest absolute Gasteiger partial charge is 0.446 e. The number of halogens is 3. The molecule has 0 unspecified atom stereocenters. The highest BCUT2D eigenvalue weighted by Crippen LogP contribution is 2.50. The molecule has 2 aromatic rings. The van der Waals surface area contributed by atoms with Gasteiger partial charge in [-0.2, -0.15) is 13.2 Å². The summed E-state index contributed by atoms with van der Waals surface area (Å²) in [5.41, 5.74) is -2.88. The van der Waals surface area contributed by atoms with Gasteiger partial charge in [-0.3, -0.25) is 0 Å². The Hall–Kier alpha value is -2.59. The van der Waals surface area contributed by atoms with Crippen molar-refractivity contribution in [2.75, 3.05) is 33.1 Å². The van der Waals surface area contributed by atoms with Crippen molar-refractivity contribution in [3.8, 4) is 11.5 Å². The first-order chi connectivity index (χ1) is 16.6. The van der Waals surface area contributed by atoms with Crippen molar-refractivity contribution in [3.63, 3.8) is 0 Å². The van der Waals surface area contributed by atoms with Gasteiger partial charge in [-0.1, -0.05) is 12.1 Å². The lowest BCUT2D eigenvalue weighted by Gasteiger charge is -2.45. The van der Waals surface area contributed by atoms with E-state index in [1.54, 1.807) is 20.3 Å². The minimum absolute atomic E-state index is 0.0280. The number of carbonyl (C=O) groups is 1. The Kier molecular flexibility index (Phi) is 7.42. The van der Waals surface area contributed by atoms with Gasteiger partial charge in [-0.15, -0.1) is 0 Å². The maximum Gasteiger partial charge on any atom is 0.446 e. The van der Waals surface area contributed by atoms with E-state index in [0.29, 0.717) is 17.2 Å². The maximum absolute atomic E-state index is 12.7. The van der Waals surface area contributed by atoms with Crippen LogP contribution in [0.2, 0.25) is 0 Å². The number of urea groups is 1. The van der Waals surface area contributed by atoms with E-state index < -0.39 is 11.5 Å². The van der Waals surface area contributed by atoms with Gasteiger partial charge in [0.15, 0.2) is 11.5 Å². The van der Waals surface area contributed by atoms with Crippen molar-refractivity contribution in [1.82, 2.24) is 10.2 Å². The molecule has 0 aromatic heterocycles. The quantitative estimate of drug-likeness (QED) is 0.494. The maximum atomic E-state index is 12.7. The molecule has 1 saturated heterocycles. The molecule has 1 heterocycles. The summed E-state index contributed by atoms with van der Waals surface area (Å²) in [6.07, 6.45) is 3.50. The average molecular weight is 510 g/mol. The van der Waals surface area contributed by atoms with Crippen LogP contribution in [0.1, 0.15) is 31.2 Å². The van der Waals surface area contributed by atoms with Crippen LogP contribution < -0.4 is 20.1 Å². The number of hydrogen-bond donors (Lipinski definition) is 2. The predicted molar refractivity (Wildman–Crippen MR) is 130 cm³/mol. The number of benzene rings is 2. The zero-order valence-corrected chi connectivity index (χ0v) is 20.8. The molecular weight excluding hydrogens is 479 g/mol. The number of likely N-dealkylation sites (tertiary alicyclic amines) is 1. The van der Waals surface area contributed by atoms with E-state index in [1.807, 2.05) is 6.07 Å². The van der Waals surface area contributed by atoms with E-state index in [-0.39, 0.29) is 34.2 Å². The highest BCUT2D eigenvalue weighted by atomic mass is 32.2. The molecule has 190 valence electrons. The lowest BCUT2D eigenvalue weighted by molar-refractivity contribution is -0.0328. The monoisotopic (exact) mass is 509 g/mol. The highest BCUT2D eigenvalue weighted by molar-refractivity contribution is 8.00. The predicted octanol–water partition coefficient (Wildman–Crippen LogP) is 5.63. The summed E-state index contributed by atoms with van der Waals surface area (Å²) in [5.74, 6) is 1.40. The number of fused-ring (bicyclic) bond motifs is 1. The molecule has 10 heteroatoms. The summed E-state index contributed by atoms with van der Waals surface area (Å²) in [6, 6.07) is 11.7. The second-order valence-electron chi connectivity index (χ2n) is 9.12. The number of thioether (sulfide) groups is 1. The van der Waals surface area contributed by atoms with Gasteiger partial charge < -0.3 is 25.0 Å². The van der Waals surface area contributed by atoms with Crippen LogP contribution in [0.5, 0.6) is 11.5 Å². The van der Waals surface area contributed by atoms with Crippen molar-refractivity contribution >= 4 is 23.5 Å². The molecule has 2 N–H and O–H groups in total. The molecule has 2 amide bonds. The normalized spacial score (nSPS) is 24.5. The first kappa shape index (κ1) is 25.5. The Morgan fingerprint density at radius 3 is 2.60 bits per heavy atom. The first-order valence-electron chi connectivity index (χ1n) is 11.5. The van der Waals surface area contributed by atoms with Gasteiger partial charge in [0.2, 0.25) is 0 Å². The van der Waals surface area contributed by atoms with Gasteiger partial charge in [0, 0.05) is 28.1 Å². The third-order valence-electron chi connectivity index (χ3n) is 7.15. The van der Waals surface area contributed by atoms with Crippen LogP contribution in [0.3, 0.4) is 0 Å². The highest BCUT2D eigenvalue weighted by Gasteiger charge is 2.50. The van der Waals surface area contributed by atoms with Crippen LogP contribution in [0.25, 0.3) is 0 Å². The number of ether oxygens (including phenoxy) is 2. The lowest BCUT2D eigenvalue weighted by atomic mass is 9.65. The Labute approximate surface area is 207 Å². The van der Waals surface area contributed by atoms with Crippen molar-refractivity contribution in [1.29, 1.82) is 0 Å². The Morgan fingerprint density at radius 2 is 1.89 bits per heavy atom. The summed E-state index contributed by atoms with van der Waals surface area (Å²) in [6.45, 7) is 0.960. The van der Waals surface area contributed by atoms with E-state index in [0.717, 1.165) is 32.2 Å². The number of likely N-dealkylation sites (N-methyl/N-ethyl adjacent to an activating group) is 1. The molecule has 35 heavy (non-hydrogen) atoms. The minimum atomic E-state index is -4.38. The molecule has 6 nitrogen and oxygen atoms in total. The fourth-order valence-corrected chi connectivity index (χ4v) is 6.12. The van der Waals surface area contributed by atoms with Crippen LogP contribution in [0.4, 0.5) is 23.7 Å². The van der Waals surface area contributed by atoms with Crippen molar-refractivity contribution in [2.24, 2.45) is 0 Å². The number of methoxy groups -OCH3 is 2. The molecule has 2 aliphatic rings. The number of carbonyl (C=O) groups excluding carboxylic acids is 1. The zero-order chi connectivity index (χ0) is 25.2. The van der Waals surface area contributed by atoms with Gasteiger partial charge in [0.1, 0.15) is 0 Å². The second-order valence-corrected chi connectivity index (χ2v) is 10.3. The van der Waals surface area contributed by atoms with Crippen LogP contribution >= 0.6 is 11.8 Å². The molecule has 2 fully saturated rings. The number of rotatable bonds is 6. The summed E-state index contributed by atoms with van der Waals surface area (Å²) in [7, 11) is 5.36. The topological polar surface area (TPSA) is 62.8 Å². The zero-order valence-electron chi connectivity index (χ0n) is 19.9. The van der Waals surface area contributed by atoms with E-state index >= 15 is 0 Å². The third kappa shape index (κ3) is 5.64. The number of nitrogens with one attached hydrogen (secondary N) is 2. The molecular formula is C25H30F3N3O3S. The summed E-state index contributed by atoms with van der Waals surface area (Å²) in [5, 5.41) is 5.71. The van der Waals surface area contributed by atoms with Gasteiger partial charge in [-0.05, 0) is 86.9 Å². The van der Waals surface area contributed by atoms with Gasteiger partial charge in [-0.25, -0.2) is 4.79 Å². The summed E-state index contributed by atoms with van der Waals surface area (Å²) >= 11 is -0.203. The van der Waals surface area contributed by atoms with Gasteiger partial charge in [0.05, 0.1) is 14.2 Å². The summed E-state index contributed by atoms with van der Waals surface area (Å²) < 4.78 is 48.9. The Morgan fingerprint density at radius 1 is 1.11 bits per heavy atom. The number of anilines is 1. The molecule has 4 rings (SSSR count). The molecule has 0 spiro atoms. The number of alkyl halides is 3. The summed E-state index contributed by atoms with van der Waals surface area (Å²) in [4.78, 5) is 15.0. The van der Waals surface area contributed by atoms with E-state index in [2.05, 4.69) is 34.7 Å². The van der Waals surface area contributed by atoms with Crippen LogP contribution in [-0.2, 0) is 5.41 Å². The average Bonchev–Trinajstić information content (AvgIpc) is 3.14. The number of amides is 2. The Bertz CT molecular complexity index is 1070. The van der Waals surface area contributed by atoms with Gasteiger partial charge >= 0.3 is 11.5 Å².